The van der Waals surface area contributed by atoms with Crippen LogP contribution in [0.5, 0.6) is 0 Å². The molecule has 0 heterocycles. The molecule has 6 unspecified atom stereocenters. The maximum absolute atomic E-state index is 12.4. The molecule has 0 aromatic carbocycles. The van der Waals surface area contributed by atoms with Crippen LogP contribution in [-0.4, -0.2) is 98.2 Å². The second kappa shape index (κ2) is 11.9. The highest BCUT2D eigenvalue weighted by Crippen LogP contribution is 2.01. The van der Waals surface area contributed by atoms with Crippen molar-refractivity contribution in [1.82, 2.24) is 16.0 Å². The van der Waals surface area contributed by atoms with E-state index in [1.807, 2.05) is 16.0 Å². The molecule has 0 saturated heterocycles. The number of carboxylic acids is 2. The highest BCUT2D eigenvalue weighted by atomic mass is 16.4. The van der Waals surface area contributed by atoms with Gasteiger partial charge in [-0.3, -0.25) is 19.2 Å². The fraction of sp³-hybridized carbons (Fsp3) is 0.667. The van der Waals surface area contributed by atoms with Crippen LogP contribution in [0.3, 0.4) is 0 Å². The molecule has 0 aromatic heterocycles. The Morgan fingerprint density at radius 3 is 1.69 bits per heavy atom. The number of amides is 3. The number of aliphatic carboxylic acids is 2. The number of hydrogen-bond donors (Lipinski definition) is 9. The van der Waals surface area contributed by atoms with Crippen molar-refractivity contribution >= 4 is 29.7 Å². The van der Waals surface area contributed by atoms with E-state index in [1.165, 1.54) is 0 Å². The molecule has 0 saturated carbocycles. The molecule has 0 aliphatic carbocycles. The van der Waals surface area contributed by atoms with Gasteiger partial charge in [-0.05, 0) is 13.8 Å². The van der Waals surface area contributed by atoms with Gasteiger partial charge >= 0.3 is 11.9 Å². The predicted octanol–water partition coefficient (Wildman–Crippen LogP) is -4.92. The van der Waals surface area contributed by atoms with Gasteiger partial charge in [-0.15, -0.1) is 0 Å². The zero-order chi connectivity index (χ0) is 22.9. The maximum Gasteiger partial charge on any atom is 0.328 e. The molecule has 0 bridgehead atoms. The van der Waals surface area contributed by atoms with Gasteiger partial charge in [0.2, 0.25) is 17.7 Å². The van der Waals surface area contributed by atoms with Crippen LogP contribution in [0.25, 0.3) is 0 Å². The third-order valence-electron chi connectivity index (χ3n) is 3.65. The molecule has 0 rings (SSSR count). The number of carboxylic acid groups (broad SMARTS) is 2. The summed E-state index contributed by atoms with van der Waals surface area (Å²) >= 11 is 0. The number of hydrogen-bond acceptors (Lipinski definition) is 9. The average Bonchev–Trinajstić information content (AvgIpc) is 2.60. The first-order chi connectivity index (χ1) is 13.3. The first-order valence-corrected chi connectivity index (χ1v) is 8.40. The summed E-state index contributed by atoms with van der Waals surface area (Å²) in [7, 11) is 0. The normalized spacial score (nSPS) is 17.0. The van der Waals surface area contributed by atoms with Gasteiger partial charge in [0.25, 0.3) is 0 Å². The Morgan fingerprint density at radius 1 is 0.828 bits per heavy atom. The fourth-order valence-electron chi connectivity index (χ4n) is 2.04. The van der Waals surface area contributed by atoms with Crippen LogP contribution in [0.15, 0.2) is 0 Å². The van der Waals surface area contributed by atoms with Gasteiger partial charge in [-0.1, -0.05) is 0 Å². The van der Waals surface area contributed by atoms with Crippen molar-refractivity contribution in [3.05, 3.63) is 0 Å². The lowest BCUT2D eigenvalue weighted by atomic mass is 10.1. The van der Waals surface area contributed by atoms with Crippen molar-refractivity contribution < 1.29 is 49.5 Å². The first-order valence-electron chi connectivity index (χ1n) is 8.40. The molecule has 0 fully saturated rings. The van der Waals surface area contributed by atoms with Gasteiger partial charge < -0.3 is 47.2 Å². The van der Waals surface area contributed by atoms with E-state index < -0.39 is 79.1 Å². The standard InChI is InChI=1S/C15H26N4O10/c1-5(21)10(18-12(25)7(16)4-20)14(27)17-8(3-9(23)24)13(26)19-11(6(2)22)15(28)29/h5-8,10-11,20-22H,3-4,16H2,1-2H3,(H,17,27)(H,18,25)(H,19,26)(H,23,24)(H,28,29). The minimum atomic E-state index is -1.79. The largest absolute Gasteiger partial charge is 0.481 e. The summed E-state index contributed by atoms with van der Waals surface area (Å²) in [6, 6.07) is -6.61. The van der Waals surface area contributed by atoms with E-state index in [0.717, 1.165) is 13.8 Å². The predicted molar refractivity (Wildman–Crippen MR) is 94.1 cm³/mol. The molecule has 10 N–H and O–H groups in total. The van der Waals surface area contributed by atoms with Crippen LogP contribution in [0, 0.1) is 0 Å². The van der Waals surface area contributed by atoms with Crippen LogP contribution >= 0.6 is 0 Å². The number of aliphatic hydroxyl groups is 3. The van der Waals surface area contributed by atoms with Gasteiger partial charge in [-0.25, -0.2) is 4.79 Å². The van der Waals surface area contributed by atoms with Gasteiger partial charge in [0.15, 0.2) is 6.04 Å². The van der Waals surface area contributed by atoms with Crippen LogP contribution in [0.2, 0.25) is 0 Å². The summed E-state index contributed by atoms with van der Waals surface area (Å²) < 4.78 is 0. The number of aliphatic hydroxyl groups excluding tert-OH is 3. The lowest BCUT2D eigenvalue weighted by Crippen LogP contribution is -2.61. The third kappa shape index (κ3) is 8.82. The molecular weight excluding hydrogens is 396 g/mol. The Morgan fingerprint density at radius 2 is 1.31 bits per heavy atom. The molecule has 166 valence electrons. The highest BCUT2D eigenvalue weighted by molar-refractivity contribution is 5.95. The second-order valence-corrected chi connectivity index (χ2v) is 6.24. The average molecular weight is 422 g/mol. The SMILES string of the molecule is CC(O)C(NC(=O)C(CC(=O)O)NC(=O)C(NC(=O)C(N)CO)C(C)O)C(=O)O. The summed E-state index contributed by atoms with van der Waals surface area (Å²) in [5.74, 6) is -6.50. The highest BCUT2D eigenvalue weighted by Gasteiger charge is 2.34. The van der Waals surface area contributed by atoms with Crippen molar-refractivity contribution in [3.63, 3.8) is 0 Å². The third-order valence-corrected chi connectivity index (χ3v) is 3.65. The van der Waals surface area contributed by atoms with E-state index in [2.05, 4.69) is 0 Å². The van der Waals surface area contributed by atoms with Crippen molar-refractivity contribution in [3.8, 4) is 0 Å². The van der Waals surface area contributed by atoms with Gasteiger partial charge in [-0.2, -0.15) is 0 Å². The summed E-state index contributed by atoms with van der Waals surface area (Å²) in [6.45, 7) is 1.45. The quantitative estimate of drug-likeness (QED) is 0.144. The van der Waals surface area contributed by atoms with Crippen LogP contribution in [0.4, 0.5) is 0 Å². The molecule has 0 radical (unpaired) electrons. The van der Waals surface area contributed by atoms with Gasteiger partial charge in [0.05, 0.1) is 25.2 Å². The Kier molecular flexibility index (Phi) is 10.7. The number of rotatable bonds is 12. The van der Waals surface area contributed by atoms with Crippen molar-refractivity contribution in [2.45, 2.75) is 56.6 Å². The minimum Gasteiger partial charge on any atom is -0.481 e. The maximum atomic E-state index is 12.4. The molecule has 0 aromatic rings. The Balaban J connectivity index is 5.43. The summed E-state index contributed by atoms with van der Waals surface area (Å²) in [6.07, 6.45) is -3.98. The molecule has 3 amide bonds. The molecule has 0 spiro atoms. The van der Waals surface area contributed by atoms with Crippen molar-refractivity contribution in [1.29, 1.82) is 0 Å². The van der Waals surface area contributed by atoms with Gasteiger partial charge in [0.1, 0.15) is 18.1 Å². The first kappa shape index (κ1) is 26.2. The lowest BCUT2D eigenvalue weighted by Gasteiger charge is -2.26. The van der Waals surface area contributed by atoms with E-state index in [4.69, 9.17) is 21.1 Å². The van der Waals surface area contributed by atoms with Crippen LogP contribution < -0.4 is 21.7 Å². The number of nitrogens with one attached hydrogen (secondary N) is 3. The Bertz CT molecular complexity index is 624. The number of carbonyl (C=O) groups excluding carboxylic acids is 3. The van der Waals surface area contributed by atoms with E-state index in [-0.39, 0.29) is 0 Å². The van der Waals surface area contributed by atoms with E-state index in [1.54, 1.807) is 0 Å². The minimum absolute atomic E-state index is 0.750. The van der Waals surface area contributed by atoms with E-state index in [0.29, 0.717) is 0 Å². The topological polar surface area (TPSA) is 249 Å². The van der Waals surface area contributed by atoms with E-state index >= 15 is 0 Å². The molecule has 14 nitrogen and oxygen atoms in total. The van der Waals surface area contributed by atoms with Crippen molar-refractivity contribution in [2.24, 2.45) is 5.73 Å². The second-order valence-electron chi connectivity index (χ2n) is 6.24. The molecular formula is C15H26N4O10. The van der Waals surface area contributed by atoms with Crippen LogP contribution in [-0.2, 0) is 24.0 Å². The lowest BCUT2D eigenvalue weighted by molar-refractivity contribution is -0.146. The summed E-state index contributed by atoms with van der Waals surface area (Å²) in [5, 5.41) is 51.8. The molecule has 14 heteroatoms. The van der Waals surface area contributed by atoms with Gasteiger partial charge in [0, 0.05) is 0 Å². The summed E-state index contributed by atoms with van der Waals surface area (Å²) in [4.78, 5) is 58.4. The smallest absolute Gasteiger partial charge is 0.328 e. The molecule has 29 heavy (non-hydrogen) atoms. The Labute approximate surface area is 165 Å². The summed E-state index contributed by atoms with van der Waals surface area (Å²) in [5.41, 5.74) is 5.30. The number of carbonyl (C=O) groups is 5. The monoisotopic (exact) mass is 422 g/mol. The zero-order valence-corrected chi connectivity index (χ0v) is 15.7. The van der Waals surface area contributed by atoms with Crippen LogP contribution in [0.1, 0.15) is 20.3 Å². The fourth-order valence-corrected chi connectivity index (χ4v) is 2.04. The molecule has 0 aliphatic heterocycles. The zero-order valence-electron chi connectivity index (χ0n) is 15.7. The van der Waals surface area contributed by atoms with Crippen molar-refractivity contribution in [2.75, 3.05) is 6.61 Å². The molecule has 0 aliphatic rings. The van der Waals surface area contributed by atoms with E-state index in [9.17, 15) is 34.2 Å². The number of nitrogens with two attached hydrogens (primary N) is 1. The Hall–Kier alpha value is -2.81. The molecule has 6 atom stereocenters.